The predicted molar refractivity (Wildman–Crippen MR) is 75.3 cm³/mol. The highest BCUT2D eigenvalue weighted by Crippen LogP contribution is 2.10. The van der Waals surface area contributed by atoms with Gasteiger partial charge >= 0.3 is 5.97 Å². The highest BCUT2D eigenvalue weighted by Gasteiger charge is 2.05. The van der Waals surface area contributed by atoms with Crippen LogP contribution in [0.25, 0.3) is 6.08 Å². The van der Waals surface area contributed by atoms with E-state index in [1.165, 1.54) is 6.08 Å². The van der Waals surface area contributed by atoms with Gasteiger partial charge in [-0.2, -0.15) is 0 Å². The summed E-state index contributed by atoms with van der Waals surface area (Å²) in [5, 5.41) is 11.3. The lowest BCUT2D eigenvalue weighted by atomic mass is 10.1. The normalized spacial score (nSPS) is 10.4. The molecule has 0 saturated heterocycles. The zero-order valence-electron chi connectivity index (χ0n) is 10.5. The average molecular weight is 268 g/mol. The monoisotopic (exact) mass is 268 g/mol. The zero-order chi connectivity index (χ0) is 14.4. The number of carboxylic acid groups (broad SMARTS) is 1. The molecule has 2 rings (SSSR count). The Bertz CT molecular complexity index is 651. The fourth-order valence-electron chi connectivity index (χ4n) is 1.59. The van der Waals surface area contributed by atoms with E-state index in [0.717, 1.165) is 6.08 Å². The van der Waals surface area contributed by atoms with E-state index in [2.05, 4.69) is 10.3 Å². The van der Waals surface area contributed by atoms with Crippen molar-refractivity contribution in [3.63, 3.8) is 0 Å². The van der Waals surface area contributed by atoms with Crippen LogP contribution in [0.1, 0.15) is 15.9 Å². The van der Waals surface area contributed by atoms with Gasteiger partial charge in [0.1, 0.15) is 0 Å². The molecule has 1 heterocycles. The summed E-state index contributed by atoms with van der Waals surface area (Å²) >= 11 is 0. The van der Waals surface area contributed by atoms with Crippen molar-refractivity contribution in [3.8, 4) is 0 Å². The molecule has 5 heteroatoms. The van der Waals surface area contributed by atoms with Crippen LogP contribution >= 0.6 is 0 Å². The number of carbonyl (C=O) groups excluding carboxylic acids is 1. The summed E-state index contributed by atoms with van der Waals surface area (Å²) in [6, 6.07) is 10.1. The van der Waals surface area contributed by atoms with Crippen LogP contribution in [0.4, 0.5) is 5.69 Å². The third-order valence-electron chi connectivity index (χ3n) is 2.51. The summed E-state index contributed by atoms with van der Waals surface area (Å²) in [6.07, 6.45) is 5.63. The Morgan fingerprint density at radius 1 is 1.15 bits per heavy atom. The SMILES string of the molecule is O=C(O)C=Cc1cccc(C(=O)Nc2ccncc2)c1. The van der Waals surface area contributed by atoms with Gasteiger partial charge in [-0.15, -0.1) is 0 Å². The first-order chi connectivity index (χ1) is 9.65. The fraction of sp³-hybridized carbons (Fsp3) is 0. The summed E-state index contributed by atoms with van der Waals surface area (Å²) in [5.74, 6) is -1.29. The van der Waals surface area contributed by atoms with Gasteiger partial charge in [0.25, 0.3) is 5.91 Å². The summed E-state index contributed by atoms with van der Waals surface area (Å²) in [5.41, 5.74) is 1.75. The van der Waals surface area contributed by atoms with Gasteiger partial charge in [-0.1, -0.05) is 12.1 Å². The topological polar surface area (TPSA) is 79.3 Å². The number of hydrogen-bond donors (Lipinski definition) is 2. The third-order valence-corrected chi connectivity index (χ3v) is 2.51. The van der Waals surface area contributed by atoms with E-state index in [1.54, 1.807) is 48.8 Å². The number of amides is 1. The number of benzene rings is 1. The van der Waals surface area contributed by atoms with E-state index >= 15 is 0 Å². The van der Waals surface area contributed by atoms with Crippen molar-refractivity contribution in [2.24, 2.45) is 0 Å². The van der Waals surface area contributed by atoms with Crippen LogP contribution in [-0.2, 0) is 4.79 Å². The third kappa shape index (κ3) is 3.78. The Balaban J connectivity index is 2.14. The Morgan fingerprint density at radius 2 is 1.90 bits per heavy atom. The number of carbonyl (C=O) groups is 2. The van der Waals surface area contributed by atoms with Crippen LogP contribution in [-0.4, -0.2) is 22.0 Å². The molecular weight excluding hydrogens is 256 g/mol. The van der Waals surface area contributed by atoms with Gasteiger partial charge in [0.15, 0.2) is 0 Å². The number of carboxylic acids is 1. The molecule has 100 valence electrons. The molecule has 0 spiro atoms. The maximum atomic E-state index is 12.0. The second-order valence-corrected chi connectivity index (χ2v) is 3.99. The molecule has 5 nitrogen and oxygen atoms in total. The Labute approximate surface area is 115 Å². The maximum Gasteiger partial charge on any atom is 0.328 e. The summed E-state index contributed by atoms with van der Waals surface area (Å²) in [4.78, 5) is 26.4. The van der Waals surface area contributed by atoms with E-state index in [4.69, 9.17) is 5.11 Å². The van der Waals surface area contributed by atoms with E-state index in [-0.39, 0.29) is 5.91 Å². The standard InChI is InChI=1S/C15H12N2O3/c18-14(19)5-4-11-2-1-3-12(10-11)15(20)17-13-6-8-16-9-7-13/h1-10H,(H,18,19)(H,16,17,20). The summed E-state index contributed by atoms with van der Waals surface area (Å²) in [7, 11) is 0. The molecule has 1 aromatic heterocycles. The lowest BCUT2D eigenvalue weighted by Gasteiger charge is -2.05. The number of nitrogens with zero attached hydrogens (tertiary/aromatic N) is 1. The van der Waals surface area contributed by atoms with Gasteiger partial charge in [-0.05, 0) is 35.9 Å². The van der Waals surface area contributed by atoms with E-state index in [1.807, 2.05) is 0 Å². The van der Waals surface area contributed by atoms with Crippen molar-refractivity contribution < 1.29 is 14.7 Å². The molecule has 0 unspecified atom stereocenters. The number of hydrogen-bond acceptors (Lipinski definition) is 3. The number of anilines is 1. The van der Waals surface area contributed by atoms with Crippen LogP contribution in [0, 0.1) is 0 Å². The van der Waals surface area contributed by atoms with Gasteiger partial charge in [-0.25, -0.2) is 4.79 Å². The number of nitrogens with one attached hydrogen (secondary N) is 1. The Kier molecular flexibility index (Phi) is 4.24. The van der Waals surface area contributed by atoms with Crippen molar-refractivity contribution in [3.05, 3.63) is 66.0 Å². The first kappa shape index (κ1) is 13.5. The minimum atomic E-state index is -1.03. The molecule has 0 aliphatic carbocycles. The Morgan fingerprint density at radius 3 is 2.60 bits per heavy atom. The van der Waals surface area contributed by atoms with Gasteiger partial charge in [-0.3, -0.25) is 9.78 Å². The zero-order valence-corrected chi connectivity index (χ0v) is 10.5. The first-order valence-corrected chi connectivity index (χ1v) is 5.87. The van der Waals surface area contributed by atoms with Crippen molar-refractivity contribution in [2.75, 3.05) is 5.32 Å². The van der Waals surface area contributed by atoms with Gasteiger partial charge in [0, 0.05) is 29.7 Å². The molecule has 0 bridgehead atoms. The van der Waals surface area contributed by atoms with Gasteiger partial charge in [0.05, 0.1) is 0 Å². The van der Waals surface area contributed by atoms with Gasteiger partial charge in [0.2, 0.25) is 0 Å². The highest BCUT2D eigenvalue weighted by atomic mass is 16.4. The van der Waals surface area contributed by atoms with Crippen LogP contribution < -0.4 is 5.32 Å². The first-order valence-electron chi connectivity index (χ1n) is 5.87. The van der Waals surface area contributed by atoms with Crippen molar-refractivity contribution >= 4 is 23.6 Å². The minimum absolute atomic E-state index is 0.262. The molecule has 20 heavy (non-hydrogen) atoms. The molecule has 1 amide bonds. The minimum Gasteiger partial charge on any atom is -0.478 e. The largest absolute Gasteiger partial charge is 0.478 e. The van der Waals surface area contributed by atoms with Crippen molar-refractivity contribution in [2.45, 2.75) is 0 Å². The molecule has 0 atom stereocenters. The molecule has 0 saturated carbocycles. The summed E-state index contributed by atoms with van der Waals surface area (Å²) < 4.78 is 0. The van der Waals surface area contributed by atoms with Crippen molar-refractivity contribution in [1.82, 2.24) is 4.98 Å². The molecule has 1 aromatic carbocycles. The lowest BCUT2D eigenvalue weighted by molar-refractivity contribution is -0.131. The van der Waals surface area contributed by atoms with E-state index < -0.39 is 5.97 Å². The predicted octanol–water partition coefficient (Wildman–Crippen LogP) is 2.43. The van der Waals surface area contributed by atoms with E-state index in [9.17, 15) is 9.59 Å². The van der Waals surface area contributed by atoms with Crippen LogP contribution in [0.5, 0.6) is 0 Å². The van der Waals surface area contributed by atoms with Crippen LogP contribution in [0.15, 0.2) is 54.9 Å². The second kappa shape index (κ2) is 6.29. The molecular formula is C15H12N2O3. The number of aliphatic carboxylic acids is 1. The average Bonchev–Trinajstić information content (AvgIpc) is 2.46. The number of pyridine rings is 1. The second-order valence-electron chi connectivity index (χ2n) is 3.99. The Hall–Kier alpha value is -2.95. The number of rotatable bonds is 4. The molecule has 0 radical (unpaired) electrons. The molecule has 2 N–H and O–H groups in total. The number of aromatic nitrogens is 1. The van der Waals surface area contributed by atoms with Gasteiger partial charge < -0.3 is 10.4 Å². The van der Waals surface area contributed by atoms with E-state index in [0.29, 0.717) is 16.8 Å². The highest BCUT2D eigenvalue weighted by molar-refractivity contribution is 6.04. The lowest BCUT2D eigenvalue weighted by Crippen LogP contribution is -2.11. The maximum absolute atomic E-state index is 12.0. The molecule has 0 aliphatic rings. The molecule has 0 aliphatic heterocycles. The smallest absolute Gasteiger partial charge is 0.328 e. The fourth-order valence-corrected chi connectivity index (χ4v) is 1.59. The summed E-state index contributed by atoms with van der Waals surface area (Å²) in [6.45, 7) is 0. The van der Waals surface area contributed by atoms with Crippen molar-refractivity contribution in [1.29, 1.82) is 0 Å². The molecule has 2 aromatic rings. The van der Waals surface area contributed by atoms with Crippen LogP contribution in [0.3, 0.4) is 0 Å². The van der Waals surface area contributed by atoms with Crippen LogP contribution in [0.2, 0.25) is 0 Å². The molecule has 0 fully saturated rings. The quantitative estimate of drug-likeness (QED) is 0.835.